The Morgan fingerprint density at radius 2 is 1.80 bits per heavy atom. The van der Waals surface area contributed by atoms with Crippen molar-refractivity contribution in [1.29, 1.82) is 0 Å². The summed E-state index contributed by atoms with van der Waals surface area (Å²) in [5.41, 5.74) is 0. The summed E-state index contributed by atoms with van der Waals surface area (Å²) in [7, 11) is -3.86. The van der Waals surface area contributed by atoms with Crippen LogP contribution in [0.4, 0.5) is 0 Å². The summed E-state index contributed by atoms with van der Waals surface area (Å²) in [6, 6.07) is 0. The smallest absolute Gasteiger partial charge is 0.302 e. The molecular formula is C21H33NO7S. The van der Waals surface area contributed by atoms with Crippen LogP contribution in [-0.2, 0) is 33.5 Å². The van der Waals surface area contributed by atoms with Crippen molar-refractivity contribution in [3.8, 4) is 0 Å². The lowest BCUT2D eigenvalue weighted by molar-refractivity contribution is -0.165. The molecule has 4 rings (SSSR count). The zero-order valence-corrected chi connectivity index (χ0v) is 18.9. The van der Waals surface area contributed by atoms with Crippen molar-refractivity contribution in [3.63, 3.8) is 0 Å². The van der Waals surface area contributed by atoms with Gasteiger partial charge in [-0.2, -0.15) is 8.42 Å². The second-order valence-corrected chi connectivity index (χ2v) is 10.8. The number of hydroxylamine groups is 2. The molecule has 4 fully saturated rings. The van der Waals surface area contributed by atoms with E-state index < -0.39 is 33.8 Å². The van der Waals surface area contributed by atoms with Crippen LogP contribution in [0, 0.1) is 35.5 Å². The molecule has 1 heterocycles. The summed E-state index contributed by atoms with van der Waals surface area (Å²) in [5, 5.41) is 0.457. The Morgan fingerprint density at radius 1 is 1.07 bits per heavy atom. The van der Waals surface area contributed by atoms with Crippen molar-refractivity contribution in [3.05, 3.63) is 0 Å². The summed E-state index contributed by atoms with van der Waals surface area (Å²) < 4.78 is 31.7. The van der Waals surface area contributed by atoms with Crippen LogP contribution in [0.2, 0.25) is 0 Å². The molecule has 3 aliphatic carbocycles. The van der Waals surface area contributed by atoms with Crippen molar-refractivity contribution in [2.75, 3.05) is 12.9 Å². The maximum atomic E-state index is 12.1. The highest BCUT2D eigenvalue weighted by atomic mass is 32.2. The van der Waals surface area contributed by atoms with E-state index >= 15 is 0 Å². The van der Waals surface area contributed by atoms with E-state index in [-0.39, 0.29) is 11.9 Å². The molecule has 9 heteroatoms. The number of amides is 2. The number of hydrogen-bond acceptors (Lipinski definition) is 7. The topological polar surface area (TPSA) is 107 Å². The van der Waals surface area contributed by atoms with Gasteiger partial charge in [-0.3, -0.25) is 14.4 Å². The fraction of sp³-hybridized carbons (Fsp3) is 0.857. The zero-order valence-electron chi connectivity index (χ0n) is 18.0. The molecule has 0 radical (unpaired) electrons. The second kappa shape index (κ2) is 9.34. The van der Waals surface area contributed by atoms with Crippen LogP contribution in [0.15, 0.2) is 0 Å². The van der Waals surface area contributed by atoms with Crippen LogP contribution >= 0.6 is 0 Å². The van der Waals surface area contributed by atoms with Gasteiger partial charge in [-0.05, 0) is 55.8 Å². The van der Waals surface area contributed by atoms with E-state index in [1.54, 1.807) is 0 Å². The fourth-order valence-electron chi connectivity index (χ4n) is 5.80. The lowest BCUT2D eigenvalue weighted by atomic mass is 9.72. The number of imide groups is 1. The van der Waals surface area contributed by atoms with Crippen LogP contribution in [-0.4, -0.2) is 44.1 Å². The maximum Gasteiger partial charge on any atom is 0.302 e. The van der Waals surface area contributed by atoms with Crippen LogP contribution in [0.5, 0.6) is 0 Å². The van der Waals surface area contributed by atoms with Crippen LogP contribution in [0.1, 0.15) is 65.2 Å². The average molecular weight is 444 g/mol. The third kappa shape index (κ3) is 5.22. The molecule has 0 aromatic rings. The van der Waals surface area contributed by atoms with Gasteiger partial charge in [-0.15, -0.1) is 9.35 Å². The van der Waals surface area contributed by atoms with E-state index in [9.17, 15) is 22.8 Å². The second-order valence-electron chi connectivity index (χ2n) is 9.22. The molecule has 2 bridgehead atoms. The first-order valence-electron chi connectivity index (χ1n) is 11.0. The first kappa shape index (κ1) is 23.2. The minimum atomic E-state index is -3.86. The molecule has 0 aromatic heterocycles. The molecule has 8 nitrogen and oxygen atoms in total. The van der Waals surface area contributed by atoms with E-state index in [1.807, 2.05) is 6.92 Å². The van der Waals surface area contributed by atoms with Crippen LogP contribution in [0.25, 0.3) is 0 Å². The molecule has 170 valence electrons. The van der Waals surface area contributed by atoms with Crippen molar-refractivity contribution in [1.82, 2.24) is 5.06 Å². The Balaban J connectivity index is 0.000000184. The molecule has 0 N–H and O–H groups in total. The van der Waals surface area contributed by atoms with Gasteiger partial charge in [0.2, 0.25) is 0 Å². The Bertz CT molecular complexity index is 780. The molecule has 1 saturated heterocycles. The third-order valence-corrected chi connectivity index (χ3v) is 7.57. The van der Waals surface area contributed by atoms with E-state index in [0.717, 1.165) is 37.4 Å². The molecule has 1 aliphatic heterocycles. The monoisotopic (exact) mass is 443 g/mol. The number of esters is 1. The summed E-state index contributed by atoms with van der Waals surface area (Å²) >= 11 is 0. The highest BCUT2D eigenvalue weighted by Crippen LogP contribution is 2.48. The van der Waals surface area contributed by atoms with Gasteiger partial charge in [0.05, 0.1) is 24.7 Å². The summed E-state index contributed by atoms with van der Waals surface area (Å²) in [6.45, 7) is 4.15. The van der Waals surface area contributed by atoms with Crippen molar-refractivity contribution in [2.45, 2.75) is 65.2 Å². The van der Waals surface area contributed by atoms with E-state index in [0.29, 0.717) is 24.0 Å². The highest BCUT2D eigenvalue weighted by Gasteiger charge is 2.53. The average Bonchev–Trinajstić information content (AvgIpc) is 3.37. The van der Waals surface area contributed by atoms with Gasteiger partial charge in [-0.1, -0.05) is 26.2 Å². The molecule has 2 amide bonds. The number of hydrogen-bond donors (Lipinski definition) is 0. The number of carbonyl (C=O) groups excluding carboxylic acids is 3. The quantitative estimate of drug-likeness (QED) is 0.475. The van der Waals surface area contributed by atoms with E-state index in [1.165, 1.54) is 32.6 Å². The molecule has 3 saturated carbocycles. The minimum absolute atomic E-state index is 0.127. The Labute approximate surface area is 178 Å². The van der Waals surface area contributed by atoms with Crippen molar-refractivity contribution >= 4 is 27.9 Å². The lowest BCUT2D eigenvalue weighted by Gasteiger charge is -2.29. The zero-order chi connectivity index (χ0) is 22.1. The molecule has 30 heavy (non-hydrogen) atoms. The van der Waals surface area contributed by atoms with Gasteiger partial charge >= 0.3 is 5.97 Å². The minimum Gasteiger partial charge on any atom is -0.466 e. The van der Waals surface area contributed by atoms with Gasteiger partial charge in [0, 0.05) is 6.92 Å². The standard InChI is InChI=1S/C11H17NO5S.C10H16O2/c1-3-7-5-4-6-8-9(7)11(14)12(10(8)13)17-18(2,15)16;1-7(11)12-6-10-5-8-2-3-9(10)4-8/h7-9H,3-6H2,1-2H3;8-10H,2-6H2,1H3. The van der Waals surface area contributed by atoms with Crippen molar-refractivity contribution in [2.24, 2.45) is 35.5 Å². The normalized spacial score (nSPS) is 35.1. The first-order valence-corrected chi connectivity index (χ1v) is 12.8. The Kier molecular flexibility index (Phi) is 7.22. The van der Waals surface area contributed by atoms with Gasteiger partial charge in [0.25, 0.3) is 21.9 Å². The van der Waals surface area contributed by atoms with E-state index in [2.05, 4.69) is 4.28 Å². The fourth-order valence-corrected chi connectivity index (χ4v) is 6.22. The van der Waals surface area contributed by atoms with Gasteiger partial charge in [-0.25, -0.2) is 0 Å². The molecule has 6 unspecified atom stereocenters. The van der Waals surface area contributed by atoms with Gasteiger partial charge in [0.1, 0.15) is 0 Å². The van der Waals surface area contributed by atoms with Crippen molar-refractivity contribution < 1.29 is 31.8 Å². The number of ether oxygens (including phenoxy) is 1. The number of nitrogens with zero attached hydrogens (tertiary/aromatic N) is 1. The first-order chi connectivity index (χ1) is 14.1. The van der Waals surface area contributed by atoms with Gasteiger partial charge in [0.15, 0.2) is 0 Å². The van der Waals surface area contributed by atoms with Gasteiger partial charge < -0.3 is 4.74 Å². The SMILES string of the molecule is CC(=O)OCC1CC2CCC1C2.CCC1CCCC2C(=O)N(OS(C)(=O)=O)C(=O)C12. The van der Waals surface area contributed by atoms with Crippen LogP contribution < -0.4 is 0 Å². The Morgan fingerprint density at radius 3 is 2.33 bits per heavy atom. The summed E-state index contributed by atoms with van der Waals surface area (Å²) in [5.74, 6) is 0.718. The van der Waals surface area contributed by atoms with Crippen LogP contribution in [0.3, 0.4) is 0 Å². The predicted octanol–water partition coefficient (Wildman–Crippen LogP) is 2.67. The maximum absolute atomic E-state index is 12.1. The predicted molar refractivity (Wildman–Crippen MR) is 108 cm³/mol. The molecule has 0 spiro atoms. The molecule has 0 aromatic carbocycles. The molecule has 4 aliphatic rings. The number of rotatable bonds is 5. The molecule has 6 atom stereocenters. The highest BCUT2D eigenvalue weighted by molar-refractivity contribution is 7.85. The largest absolute Gasteiger partial charge is 0.466 e. The lowest BCUT2D eigenvalue weighted by Crippen LogP contribution is -2.34. The number of carbonyl (C=O) groups is 3. The van der Waals surface area contributed by atoms with E-state index in [4.69, 9.17) is 4.74 Å². The number of fused-ring (bicyclic) bond motifs is 3. The Hall–Kier alpha value is -1.48. The summed E-state index contributed by atoms with van der Waals surface area (Å²) in [6.07, 6.45) is 9.56. The molecular weight excluding hydrogens is 410 g/mol. The third-order valence-electron chi connectivity index (χ3n) is 7.15. The summed E-state index contributed by atoms with van der Waals surface area (Å²) in [4.78, 5) is 34.7.